The summed E-state index contributed by atoms with van der Waals surface area (Å²) in [5.41, 5.74) is 0.317. The number of carbonyl (C=O) groups is 1. The lowest BCUT2D eigenvalue weighted by molar-refractivity contribution is 0.0470. The Bertz CT molecular complexity index is 1020. The van der Waals surface area contributed by atoms with Gasteiger partial charge in [-0.2, -0.15) is 0 Å². The zero-order valence-corrected chi connectivity index (χ0v) is 14.1. The number of aromatic hydroxyl groups is 1. The van der Waals surface area contributed by atoms with Crippen molar-refractivity contribution in [2.24, 2.45) is 0 Å². The van der Waals surface area contributed by atoms with Crippen molar-refractivity contribution in [1.29, 1.82) is 0 Å². The van der Waals surface area contributed by atoms with Crippen LogP contribution in [0, 0.1) is 0 Å². The van der Waals surface area contributed by atoms with Crippen LogP contribution >= 0.6 is 0 Å². The monoisotopic (exact) mass is 356 g/mol. The molecule has 3 aromatic rings. The quantitative estimate of drug-likeness (QED) is 0.555. The zero-order valence-electron chi connectivity index (χ0n) is 14.1. The van der Waals surface area contributed by atoms with E-state index in [0.717, 1.165) is 0 Å². The van der Waals surface area contributed by atoms with Crippen molar-refractivity contribution in [2.45, 2.75) is 6.61 Å². The van der Waals surface area contributed by atoms with Gasteiger partial charge >= 0.3 is 11.6 Å². The van der Waals surface area contributed by atoms with Gasteiger partial charge < -0.3 is 23.7 Å². The number of phenolic OH excluding ortho intramolecular Hbond substituents is 1. The fourth-order valence-corrected chi connectivity index (χ4v) is 2.53. The number of fused-ring (bicyclic) bond motifs is 1. The number of carbonyl (C=O) groups excluding carboxylic acids is 1. The lowest BCUT2D eigenvalue weighted by Crippen LogP contribution is -2.09. The molecule has 0 aliphatic carbocycles. The average molecular weight is 356 g/mol. The summed E-state index contributed by atoms with van der Waals surface area (Å²) in [6.45, 7) is -0.138. The van der Waals surface area contributed by atoms with E-state index in [9.17, 15) is 14.7 Å². The van der Waals surface area contributed by atoms with Crippen LogP contribution in [0.1, 0.15) is 15.9 Å². The molecular formula is C19H16O7. The summed E-state index contributed by atoms with van der Waals surface area (Å²) < 4.78 is 20.7. The molecule has 0 atom stereocenters. The van der Waals surface area contributed by atoms with E-state index in [2.05, 4.69) is 0 Å². The highest BCUT2D eigenvalue weighted by Gasteiger charge is 2.16. The summed E-state index contributed by atoms with van der Waals surface area (Å²) in [5.74, 6) is 0.226. The Labute approximate surface area is 148 Å². The van der Waals surface area contributed by atoms with Crippen molar-refractivity contribution >= 4 is 16.9 Å². The maximum absolute atomic E-state index is 12.4. The van der Waals surface area contributed by atoms with Crippen LogP contribution < -0.4 is 15.1 Å². The molecule has 0 bridgehead atoms. The second kappa shape index (κ2) is 7.18. The summed E-state index contributed by atoms with van der Waals surface area (Å²) in [7, 11) is 2.95. The van der Waals surface area contributed by atoms with Gasteiger partial charge in [-0.15, -0.1) is 0 Å². The van der Waals surface area contributed by atoms with Gasteiger partial charge in [-0.05, 0) is 24.3 Å². The number of rotatable bonds is 5. The Balaban J connectivity index is 1.86. The standard InChI is InChI=1S/C19H16O7/c1-23-13-4-6-15(16(9-13)24-2)19(22)25-10-11-7-18(21)26-17-8-12(20)3-5-14(11)17/h3-9,20H,10H2,1-2H3. The van der Waals surface area contributed by atoms with Gasteiger partial charge in [0, 0.05) is 29.1 Å². The van der Waals surface area contributed by atoms with Gasteiger partial charge in [-0.25, -0.2) is 9.59 Å². The third kappa shape index (κ3) is 3.46. The highest BCUT2D eigenvalue weighted by molar-refractivity contribution is 5.93. The number of esters is 1. The molecule has 1 heterocycles. The first kappa shape index (κ1) is 17.3. The SMILES string of the molecule is COc1ccc(C(=O)OCc2cc(=O)oc3cc(O)ccc23)c(OC)c1. The fraction of sp³-hybridized carbons (Fsp3) is 0.158. The molecule has 1 N–H and O–H groups in total. The largest absolute Gasteiger partial charge is 0.508 e. The number of hydrogen-bond donors (Lipinski definition) is 1. The van der Waals surface area contributed by atoms with Crippen molar-refractivity contribution in [3.8, 4) is 17.2 Å². The lowest BCUT2D eigenvalue weighted by atomic mass is 10.1. The van der Waals surface area contributed by atoms with E-state index in [0.29, 0.717) is 22.4 Å². The lowest BCUT2D eigenvalue weighted by Gasteiger charge is -2.11. The smallest absolute Gasteiger partial charge is 0.342 e. The Hall–Kier alpha value is -3.48. The van der Waals surface area contributed by atoms with Crippen LogP contribution in [0.4, 0.5) is 0 Å². The topological polar surface area (TPSA) is 95.2 Å². The molecule has 3 rings (SSSR count). The predicted molar refractivity (Wildman–Crippen MR) is 92.8 cm³/mol. The van der Waals surface area contributed by atoms with Crippen LogP contribution in [0.2, 0.25) is 0 Å². The second-order valence-corrected chi connectivity index (χ2v) is 5.41. The van der Waals surface area contributed by atoms with Crippen molar-refractivity contribution in [3.63, 3.8) is 0 Å². The van der Waals surface area contributed by atoms with Crippen LogP contribution in [-0.2, 0) is 11.3 Å². The molecular weight excluding hydrogens is 340 g/mol. The summed E-state index contributed by atoms with van der Waals surface area (Å²) in [6.07, 6.45) is 0. The molecule has 0 unspecified atom stereocenters. The number of methoxy groups -OCH3 is 2. The van der Waals surface area contributed by atoms with E-state index >= 15 is 0 Å². The van der Waals surface area contributed by atoms with Crippen molar-refractivity contribution < 1.29 is 28.5 Å². The number of phenols is 1. The van der Waals surface area contributed by atoms with Crippen LogP contribution in [0.3, 0.4) is 0 Å². The number of benzene rings is 2. The molecule has 7 heteroatoms. The van der Waals surface area contributed by atoms with Crippen LogP contribution in [0.15, 0.2) is 51.7 Å². The maximum atomic E-state index is 12.4. The molecule has 0 spiro atoms. The molecule has 0 amide bonds. The molecule has 134 valence electrons. The minimum Gasteiger partial charge on any atom is -0.508 e. The van der Waals surface area contributed by atoms with Gasteiger partial charge in [0.15, 0.2) is 0 Å². The zero-order chi connectivity index (χ0) is 18.7. The van der Waals surface area contributed by atoms with Gasteiger partial charge in [-0.1, -0.05) is 0 Å². The Kier molecular flexibility index (Phi) is 4.79. The average Bonchev–Trinajstić information content (AvgIpc) is 2.64. The first-order valence-corrected chi connectivity index (χ1v) is 7.66. The predicted octanol–water partition coefficient (Wildman–Crippen LogP) is 2.87. The molecule has 0 fully saturated rings. The summed E-state index contributed by atoms with van der Waals surface area (Å²) >= 11 is 0. The number of hydrogen-bond acceptors (Lipinski definition) is 7. The Morgan fingerprint density at radius 2 is 1.88 bits per heavy atom. The van der Waals surface area contributed by atoms with Crippen LogP contribution in [-0.4, -0.2) is 25.3 Å². The molecule has 26 heavy (non-hydrogen) atoms. The van der Waals surface area contributed by atoms with E-state index in [1.807, 2.05) is 0 Å². The van der Waals surface area contributed by atoms with Gasteiger partial charge in [0.2, 0.25) is 0 Å². The normalized spacial score (nSPS) is 10.5. The van der Waals surface area contributed by atoms with Gasteiger partial charge in [-0.3, -0.25) is 0 Å². The summed E-state index contributed by atoms with van der Waals surface area (Å²) in [5, 5.41) is 10.1. The van der Waals surface area contributed by atoms with E-state index in [1.165, 1.54) is 38.5 Å². The van der Waals surface area contributed by atoms with E-state index in [4.69, 9.17) is 18.6 Å². The van der Waals surface area contributed by atoms with Crippen molar-refractivity contribution in [2.75, 3.05) is 14.2 Å². The molecule has 0 saturated heterocycles. The minimum absolute atomic E-state index is 0.0298. The first-order chi connectivity index (χ1) is 12.5. The summed E-state index contributed by atoms with van der Waals surface area (Å²) in [6, 6.07) is 10.4. The molecule has 1 aromatic heterocycles. The first-order valence-electron chi connectivity index (χ1n) is 7.66. The van der Waals surface area contributed by atoms with Crippen LogP contribution in [0.25, 0.3) is 11.0 Å². The minimum atomic E-state index is -0.607. The third-order valence-corrected chi connectivity index (χ3v) is 3.80. The molecule has 7 nitrogen and oxygen atoms in total. The van der Waals surface area contributed by atoms with Crippen molar-refractivity contribution in [1.82, 2.24) is 0 Å². The molecule has 0 saturated carbocycles. The van der Waals surface area contributed by atoms with Gasteiger partial charge in [0.25, 0.3) is 0 Å². The molecule has 0 radical (unpaired) electrons. The van der Waals surface area contributed by atoms with Gasteiger partial charge in [0.1, 0.15) is 35.0 Å². The van der Waals surface area contributed by atoms with Crippen molar-refractivity contribution in [3.05, 3.63) is 64.0 Å². The fourth-order valence-electron chi connectivity index (χ4n) is 2.53. The van der Waals surface area contributed by atoms with Crippen LogP contribution in [0.5, 0.6) is 17.2 Å². The van der Waals surface area contributed by atoms with E-state index < -0.39 is 11.6 Å². The van der Waals surface area contributed by atoms with E-state index in [-0.39, 0.29) is 23.5 Å². The Morgan fingerprint density at radius 3 is 2.62 bits per heavy atom. The maximum Gasteiger partial charge on any atom is 0.342 e. The van der Waals surface area contributed by atoms with E-state index in [1.54, 1.807) is 18.2 Å². The third-order valence-electron chi connectivity index (χ3n) is 3.80. The number of ether oxygens (including phenoxy) is 3. The Morgan fingerprint density at radius 1 is 1.08 bits per heavy atom. The molecule has 0 aliphatic rings. The highest BCUT2D eigenvalue weighted by atomic mass is 16.5. The molecule has 2 aromatic carbocycles. The molecule has 0 aliphatic heterocycles. The summed E-state index contributed by atoms with van der Waals surface area (Å²) in [4.78, 5) is 24.1. The second-order valence-electron chi connectivity index (χ2n) is 5.41. The highest BCUT2D eigenvalue weighted by Crippen LogP contribution is 2.26. The van der Waals surface area contributed by atoms with Gasteiger partial charge in [0.05, 0.1) is 14.2 Å².